The Morgan fingerprint density at radius 1 is 1.53 bits per heavy atom. The molecule has 0 amide bonds. The Morgan fingerprint density at radius 3 is 2.65 bits per heavy atom. The number of anilines is 2. The number of nitrogen functional groups attached to an aromatic ring is 1. The molecule has 1 aliphatic carbocycles. The van der Waals surface area contributed by atoms with Crippen LogP contribution < -0.4 is 11.1 Å². The number of aliphatic hydroxyl groups excluding tert-OH is 1. The summed E-state index contributed by atoms with van der Waals surface area (Å²) >= 11 is 0. The third-order valence-corrected chi connectivity index (χ3v) is 2.93. The summed E-state index contributed by atoms with van der Waals surface area (Å²) in [5.74, 6) is -2.20. The van der Waals surface area contributed by atoms with Gasteiger partial charge >= 0.3 is 5.97 Å². The Hall–Kier alpha value is -1.82. The van der Waals surface area contributed by atoms with Gasteiger partial charge < -0.3 is 21.3 Å². The summed E-state index contributed by atoms with van der Waals surface area (Å²) in [5, 5.41) is 20.8. The molecule has 0 bridgehead atoms. The molecule has 0 heterocycles. The summed E-state index contributed by atoms with van der Waals surface area (Å²) in [6, 6.07) is 2.13. The summed E-state index contributed by atoms with van der Waals surface area (Å²) in [7, 11) is 0. The lowest BCUT2D eigenvalue weighted by Gasteiger charge is -2.18. The minimum absolute atomic E-state index is 0.0608. The van der Waals surface area contributed by atoms with Crippen molar-refractivity contribution in [2.24, 2.45) is 0 Å². The van der Waals surface area contributed by atoms with Gasteiger partial charge in [-0.15, -0.1) is 0 Å². The molecule has 5 nitrogen and oxygen atoms in total. The van der Waals surface area contributed by atoms with Gasteiger partial charge in [-0.25, -0.2) is 9.18 Å². The molecule has 1 aromatic carbocycles. The van der Waals surface area contributed by atoms with Crippen LogP contribution in [0.1, 0.15) is 23.2 Å². The molecule has 92 valence electrons. The number of aromatic carboxylic acids is 1. The van der Waals surface area contributed by atoms with Gasteiger partial charge in [0.25, 0.3) is 0 Å². The number of aliphatic hydroxyl groups is 1. The highest BCUT2D eigenvalue weighted by molar-refractivity contribution is 5.90. The molecule has 1 aliphatic rings. The van der Waals surface area contributed by atoms with Crippen molar-refractivity contribution < 1.29 is 19.4 Å². The van der Waals surface area contributed by atoms with E-state index in [1.165, 1.54) is 0 Å². The number of nitrogens with one attached hydrogen (secondary N) is 1. The number of nitrogens with two attached hydrogens (primary N) is 1. The minimum atomic E-state index is -1.36. The number of carboxylic acid groups (broad SMARTS) is 1. The number of benzene rings is 1. The van der Waals surface area contributed by atoms with E-state index in [0.717, 1.165) is 25.0 Å². The van der Waals surface area contributed by atoms with Gasteiger partial charge in [0.2, 0.25) is 0 Å². The fourth-order valence-electron chi connectivity index (χ4n) is 1.62. The molecule has 0 unspecified atom stereocenters. The van der Waals surface area contributed by atoms with Crippen LogP contribution in [0.5, 0.6) is 0 Å². The second-order valence-electron chi connectivity index (χ2n) is 4.29. The van der Waals surface area contributed by atoms with Gasteiger partial charge in [0.1, 0.15) is 5.82 Å². The predicted octanol–water partition coefficient (Wildman–Crippen LogP) is 1.04. The number of rotatable bonds is 4. The molecule has 0 aromatic heterocycles. The van der Waals surface area contributed by atoms with E-state index in [-0.39, 0.29) is 12.3 Å². The van der Waals surface area contributed by atoms with Crippen LogP contribution >= 0.6 is 0 Å². The molecule has 0 spiro atoms. The lowest BCUT2D eigenvalue weighted by atomic mass is 10.1. The first kappa shape index (κ1) is 11.7. The predicted molar refractivity (Wildman–Crippen MR) is 60.4 cm³/mol. The number of carboxylic acids is 1. The van der Waals surface area contributed by atoms with E-state index in [1.54, 1.807) is 0 Å². The zero-order valence-corrected chi connectivity index (χ0v) is 9.03. The second kappa shape index (κ2) is 3.89. The number of hydrogen-bond donors (Lipinski definition) is 4. The highest BCUT2D eigenvalue weighted by atomic mass is 19.1. The molecule has 2 rings (SSSR count). The third kappa shape index (κ3) is 2.16. The maximum Gasteiger partial charge on any atom is 0.338 e. The fourth-order valence-corrected chi connectivity index (χ4v) is 1.62. The SMILES string of the molecule is Nc1cc(C(=O)O)c(F)cc1NC1(CO)CC1. The van der Waals surface area contributed by atoms with Crippen LogP contribution in [-0.2, 0) is 0 Å². The summed E-state index contributed by atoms with van der Waals surface area (Å²) in [4.78, 5) is 10.7. The van der Waals surface area contributed by atoms with Crippen molar-refractivity contribution >= 4 is 17.3 Å². The Labute approximate surface area is 97.1 Å². The summed E-state index contributed by atoms with van der Waals surface area (Å²) in [6.45, 7) is -0.0608. The van der Waals surface area contributed by atoms with E-state index in [0.29, 0.717) is 5.69 Å². The Kier molecular flexibility index (Phi) is 2.66. The van der Waals surface area contributed by atoms with Crippen LogP contribution in [0.3, 0.4) is 0 Å². The van der Waals surface area contributed by atoms with Crippen LogP contribution in [-0.4, -0.2) is 28.3 Å². The summed E-state index contributed by atoms with van der Waals surface area (Å²) in [5.41, 5.74) is 5.24. The van der Waals surface area contributed by atoms with Gasteiger partial charge in [-0.05, 0) is 25.0 Å². The second-order valence-corrected chi connectivity index (χ2v) is 4.29. The fraction of sp³-hybridized carbons (Fsp3) is 0.364. The van der Waals surface area contributed by atoms with Crippen LogP contribution in [0.4, 0.5) is 15.8 Å². The highest BCUT2D eigenvalue weighted by Crippen LogP contribution is 2.40. The summed E-state index contributed by atoms with van der Waals surface area (Å²) < 4.78 is 13.4. The topological polar surface area (TPSA) is 95.6 Å². The molecule has 0 aliphatic heterocycles. The quantitative estimate of drug-likeness (QED) is 0.590. The molecule has 5 N–H and O–H groups in total. The Morgan fingerprint density at radius 2 is 2.18 bits per heavy atom. The standard InChI is InChI=1S/C11H13FN2O3/c12-7-4-9(14-11(5-15)1-2-11)8(13)3-6(7)10(16)17/h3-4,14-15H,1-2,5,13H2,(H,16,17). The number of carbonyl (C=O) groups is 1. The van der Waals surface area contributed by atoms with Crippen LogP contribution in [0.15, 0.2) is 12.1 Å². The van der Waals surface area contributed by atoms with Crippen molar-refractivity contribution in [3.63, 3.8) is 0 Å². The molecule has 0 radical (unpaired) electrons. The van der Waals surface area contributed by atoms with E-state index < -0.39 is 22.9 Å². The third-order valence-electron chi connectivity index (χ3n) is 2.93. The van der Waals surface area contributed by atoms with Crippen LogP contribution in [0.2, 0.25) is 0 Å². The Bertz CT molecular complexity index is 472. The lowest BCUT2D eigenvalue weighted by Crippen LogP contribution is -2.26. The average Bonchev–Trinajstić information content (AvgIpc) is 3.03. The van der Waals surface area contributed by atoms with Crippen molar-refractivity contribution in [1.82, 2.24) is 0 Å². The van der Waals surface area contributed by atoms with Crippen molar-refractivity contribution in [2.75, 3.05) is 17.7 Å². The first-order valence-corrected chi connectivity index (χ1v) is 5.19. The number of hydrogen-bond acceptors (Lipinski definition) is 4. The summed E-state index contributed by atoms with van der Waals surface area (Å²) in [6.07, 6.45) is 1.57. The van der Waals surface area contributed by atoms with Gasteiger partial charge in [0.05, 0.1) is 29.1 Å². The zero-order chi connectivity index (χ0) is 12.6. The highest BCUT2D eigenvalue weighted by Gasteiger charge is 2.42. The van der Waals surface area contributed by atoms with Crippen LogP contribution in [0.25, 0.3) is 0 Å². The van der Waals surface area contributed by atoms with E-state index in [9.17, 15) is 9.18 Å². The first-order valence-electron chi connectivity index (χ1n) is 5.19. The average molecular weight is 240 g/mol. The maximum absolute atomic E-state index is 13.4. The van der Waals surface area contributed by atoms with E-state index in [4.69, 9.17) is 15.9 Å². The van der Waals surface area contributed by atoms with Crippen LogP contribution in [0, 0.1) is 5.82 Å². The van der Waals surface area contributed by atoms with E-state index in [1.807, 2.05) is 0 Å². The van der Waals surface area contributed by atoms with Gasteiger partial charge in [-0.2, -0.15) is 0 Å². The molecule has 0 saturated heterocycles. The largest absolute Gasteiger partial charge is 0.478 e. The molecular weight excluding hydrogens is 227 g/mol. The molecule has 6 heteroatoms. The molecule has 0 atom stereocenters. The van der Waals surface area contributed by atoms with E-state index in [2.05, 4.69) is 5.32 Å². The molecule has 1 saturated carbocycles. The van der Waals surface area contributed by atoms with Gasteiger partial charge in [-0.1, -0.05) is 0 Å². The number of halogens is 1. The molecule has 1 aromatic rings. The Balaban J connectivity index is 2.30. The van der Waals surface area contributed by atoms with Crippen molar-refractivity contribution in [3.8, 4) is 0 Å². The van der Waals surface area contributed by atoms with Crippen molar-refractivity contribution in [2.45, 2.75) is 18.4 Å². The van der Waals surface area contributed by atoms with Gasteiger partial charge in [0, 0.05) is 0 Å². The minimum Gasteiger partial charge on any atom is -0.478 e. The van der Waals surface area contributed by atoms with Crippen molar-refractivity contribution in [1.29, 1.82) is 0 Å². The molecule has 17 heavy (non-hydrogen) atoms. The zero-order valence-electron chi connectivity index (χ0n) is 9.03. The maximum atomic E-state index is 13.4. The van der Waals surface area contributed by atoms with Crippen molar-refractivity contribution in [3.05, 3.63) is 23.5 Å². The molecular formula is C11H13FN2O3. The van der Waals surface area contributed by atoms with E-state index >= 15 is 0 Å². The normalized spacial score (nSPS) is 16.6. The lowest BCUT2D eigenvalue weighted by molar-refractivity contribution is 0.0692. The monoisotopic (exact) mass is 240 g/mol. The van der Waals surface area contributed by atoms with Gasteiger partial charge in [-0.3, -0.25) is 0 Å². The smallest absolute Gasteiger partial charge is 0.338 e. The first-order chi connectivity index (χ1) is 7.97. The molecule has 1 fully saturated rings. The van der Waals surface area contributed by atoms with Gasteiger partial charge in [0.15, 0.2) is 0 Å².